The summed E-state index contributed by atoms with van der Waals surface area (Å²) in [7, 11) is 0. The number of halogens is 3. The van der Waals surface area contributed by atoms with Gasteiger partial charge in [0, 0.05) is 11.6 Å². The maximum Gasteiger partial charge on any atom is 0.338 e. The van der Waals surface area contributed by atoms with Crippen molar-refractivity contribution in [3.05, 3.63) is 70.2 Å². The molecule has 0 atom stereocenters. The Bertz CT molecular complexity index is 752. The van der Waals surface area contributed by atoms with Crippen molar-refractivity contribution in [1.82, 2.24) is 5.32 Å². The van der Waals surface area contributed by atoms with Crippen molar-refractivity contribution in [2.45, 2.75) is 6.42 Å². The fourth-order valence-corrected chi connectivity index (χ4v) is 2.14. The van der Waals surface area contributed by atoms with Crippen LogP contribution >= 0.6 is 11.6 Å². The van der Waals surface area contributed by atoms with Crippen molar-refractivity contribution < 1.29 is 23.1 Å². The summed E-state index contributed by atoms with van der Waals surface area (Å²) >= 11 is 5.85. The summed E-state index contributed by atoms with van der Waals surface area (Å²) in [6, 6.07) is 9.84. The van der Waals surface area contributed by atoms with Crippen LogP contribution in [0.3, 0.4) is 0 Å². The summed E-state index contributed by atoms with van der Waals surface area (Å²) in [6.07, 6.45) is 0.573. The van der Waals surface area contributed by atoms with Crippen molar-refractivity contribution in [2.75, 3.05) is 13.2 Å². The summed E-state index contributed by atoms with van der Waals surface area (Å²) < 4.78 is 30.5. The highest BCUT2D eigenvalue weighted by Crippen LogP contribution is 2.11. The molecule has 7 heteroatoms. The van der Waals surface area contributed by atoms with E-state index in [1.807, 2.05) is 12.1 Å². The van der Waals surface area contributed by atoms with Gasteiger partial charge in [0.15, 0.2) is 18.2 Å². The van der Waals surface area contributed by atoms with Gasteiger partial charge in [0.1, 0.15) is 0 Å². The summed E-state index contributed by atoms with van der Waals surface area (Å²) in [5.41, 5.74) is 0.794. The first kappa shape index (κ1) is 17.9. The van der Waals surface area contributed by atoms with E-state index in [0.717, 1.165) is 17.7 Å². The van der Waals surface area contributed by atoms with Crippen molar-refractivity contribution in [3.8, 4) is 0 Å². The lowest BCUT2D eigenvalue weighted by Crippen LogP contribution is -2.30. The molecule has 0 fully saturated rings. The molecular weight excluding hydrogens is 340 g/mol. The van der Waals surface area contributed by atoms with Gasteiger partial charge < -0.3 is 10.1 Å². The molecule has 1 N–H and O–H groups in total. The first-order valence-electron chi connectivity index (χ1n) is 7.09. The molecule has 2 rings (SSSR count). The van der Waals surface area contributed by atoms with Gasteiger partial charge in [-0.05, 0) is 42.3 Å². The molecule has 4 nitrogen and oxygen atoms in total. The minimum Gasteiger partial charge on any atom is -0.452 e. The second-order valence-corrected chi connectivity index (χ2v) is 5.37. The Morgan fingerprint density at radius 2 is 1.88 bits per heavy atom. The molecule has 24 heavy (non-hydrogen) atoms. The molecule has 0 aliphatic rings. The highest BCUT2D eigenvalue weighted by atomic mass is 35.5. The Morgan fingerprint density at radius 1 is 1.08 bits per heavy atom. The van der Waals surface area contributed by atoms with E-state index in [9.17, 15) is 18.4 Å². The topological polar surface area (TPSA) is 55.4 Å². The molecule has 0 aromatic heterocycles. The molecule has 0 saturated carbocycles. The minimum atomic E-state index is -1.16. The van der Waals surface area contributed by atoms with Gasteiger partial charge in [0.05, 0.1) is 5.56 Å². The summed E-state index contributed by atoms with van der Waals surface area (Å²) in [6.45, 7) is -0.157. The third-order valence-electron chi connectivity index (χ3n) is 3.11. The van der Waals surface area contributed by atoms with E-state index in [-0.39, 0.29) is 5.56 Å². The number of esters is 1. The Labute approximate surface area is 142 Å². The largest absolute Gasteiger partial charge is 0.452 e. The summed E-state index contributed by atoms with van der Waals surface area (Å²) in [5, 5.41) is 3.20. The Hall–Kier alpha value is -2.47. The quantitative estimate of drug-likeness (QED) is 0.812. The van der Waals surface area contributed by atoms with Crippen molar-refractivity contribution >= 4 is 23.5 Å². The fraction of sp³-hybridized carbons (Fsp3) is 0.176. The van der Waals surface area contributed by atoms with Gasteiger partial charge in [-0.15, -0.1) is 0 Å². The van der Waals surface area contributed by atoms with E-state index in [0.29, 0.717) is 24.1 Å². The van der Waals surface area contributed by atoms with Crippen LogP contribution in [-0.4, -0.2) is 25.0 Å². The van der Waals surface area contributed by atoms with E-state index >= 15 is 0 Å². The molecule has 2 aromatic carbocycles. The van der Waals surface area contributed by atoms with E-state index < -0.39 is 30.1 Å². The number of ether oxygens (including phenoxy) is 1. The van der Waals surface area contributed by atoms with Crippen LogP contribution in [0, 0.1) is 11.6 Å². The average molecular weight is 354 g/mol. The zero-order chi connectivity index (χ0) is 17.5. The van der Waals surface area contributed by atoms with Crippen molar-refractivity contribution in [2.24, 2.45) is 0 Å². The van der Waals surface area contributed by atoms with Crippen LogP contribution in [0.15, 0.2) is 42.5 Å². The molecule has 0 aliphatic carbocycles. The molecule has 0 unspecified atom stereocenters. The second-order valence-electron chi connectivity index (χ2n) is 4.93. The highest BCUT2D eigenvalue weighted by Gasteiger charge is 2.12. The molecule has 126 valence electrons. The lowest BCUT2D eigenvalue weighted by molar-refractivity contribution is -0.124. The number of carbonyl (C=O) groups excluding carboxylic acids is 2. The SMILES string of the molecule is O=C(COC(=O)c1ccc(F)c(F)c1)NCCc1cccc(Cl)c1. The van der Waals surface area contributed by atoms with E-state index in [1.165, 1.54) is 0 Å². The minimum absolute atomic E-state index is 0.166. The Morgan fingerprint density at radius 3 is 2.58 bits per heavy atom. The standard InChI is InChI=1S/C17H14ClF2NO3/c18-13-3-1-2-11(8-13)6-7-21-16(22)10-24-17(23)12-4-5-14(19)15(20)9-12/h1-5,8-9H,6-7,10H2,(H,21,22). The number of rotatable bonds is 6. The fourth-order valence-electron chi connectivity index (χ4n) is 1.93. The van der Waals surface area contributed by atoms with Crippen molar-refractivity contribution in [1.29, 1.82) is 0 Å². The molecule has 2 aromatic rings. The van der Waals surface area contributed by atoms with Crippen LogP contribution in [0.2, 0.25) is 5.02 Å². The van der Waals surface area contributed by atoms with Crippen LogP contribution in [-0.2, 0) is 16.0 Å². The Balaban J connectivity index is 1.74. The molecule has 0 radical (unpaired) electrons. The first-order valence-corrected chi connectivity index (χ1v) is 7.47. The number of carbonyl (C=O) groups is 2. The third-order valence-corrected chi connectivity index (χ3v) is 3.35. The van der Waals surface area contributed by atoms with E-state index in [2.05, 4.69) is 5.32 Å². The second kappa shape index (κ2) is 8.40. The molecule has 0 spiro atoms. The number of hydrogen-bond acceptors (Lipinski definition) is 3. The van der Waals surface area contributed by atoms with Gasteiger partial charge in [-0.1, -0.05) is 23.7 Å². The summed E-state index contributed by atoms with van der Waals surface area (Å²) in [4.78, 5) is 23.2. The molecular formula is C17H14ClF2NO3. The molecule has 0 heterocycles. The number of benzene rings is 2. The lowest BCUT2D eigenvalue weighted by atomic mass is 10.1. The van der Waals surface area contributed by atoms with Crippen LogP contribution in [0.1, 0.15) is 15.9 Å². The molecule has 1 amide bonds. The zero-order valence-electron chi connectivity index (χ0n) is 12.5. The van der Waals surface area contributed by atoms with Crippen molar-refractivity contribution in [3.63, 3.8) is 0 Å². The number of nitrogens with one attached hydrogen (secondary N) is 1. The van der Waals surface area contributed by atoms with Gasteiger partial charge in [-0.2, -0.15) is 0 Å². The first-order chi connectivity index (χ1) is 11.5. The molecule has 0 aliphatic heterocycles. The third kappa shape index (κ3) is 5.31. The maximum atomic E-state index is 13.0. The predicted molar refractivity (Wildman–Crippen MR) is 84.8 cm³/mol. The summed E-state index contributed by atoms with van der Waals surface area (Å²) in [5.74, 6) is -3.62. The molecule has 0 bridgehead atoms. The van der Waals surface area contributed by atoms with E-state index in [4.69, 9.17) is 16.3 Å². The Kier molecular flexibility index (Phi) is 6.26. The molecule has 0 saturated heterocycles. The highest BCUT2D eigenvalue weighted by molar-refractivity contribution is 6.30. The van der Waals surface area contributed by atoms with Crippen LogP contribution < -0.4 is 5.32 Å². The normalized spacial score (nSPS) is 10.3. The average Bonchev–Trinajstić information content (AvgIpc) is 2.55. The predicted octanol–water partition coefficient (Wildman–Crippen LogP) is 3.13. The van der Waals surface area contributed by atoms with Gasteiger partial charge in [-0.25, -0.2) is 13.6 Å². The van der Waals surface area contributed by atoms with Gasteiger partial charge in [0.25, 0.3) is 5.91 Å². The van der Waals surface area contributed by atoms with E-state index in [1.54, 1.807) is 12.1 Å². The van der Waals surface area contributed by atoms with Gasteiger partial charge >= 0.3 is 5.97 Å². The number of amides is 1. The zero-order valence-corrected chi connectivity index (χ0v) is 13.3. The van der Waals surface area contributed by atoms with Gasteiger partial charge in [0.2, 0.25) is 0 Å². The van der Waals surface area contributed by atoms with Crippen LogP contribution in [0.25, 0.3) is 0 Å². The smallest absolute Gasteiger partial charge is 0.338 e. The number of hydrogen-bond donors (Lipinski definition) is 1. The van der Waals surface area contributed by atoms with Crippen LogP contribution in [0.5, 0.6) is 0 Å². The lowest BCUT2D eigenvalue weighted by Gasteiger charge is -2.07. The van der Waals surface area contributed by atoms with Gasteiger partial charge in [-0.3, -0.25) is 4.79 Å². The van der Waals surface area contributed by atoms with Crippen LogP contribution in [0.4, 0.5) is 8.78 Å². The maximum absolute atomic E-state index is 13.0. The monoisotopic (exact) mass is 353 g/mol.